The third-order valence-electron chi connectivity index (χ3n) is 1.68. The molecule has 12 heavy (non-hydrogen) atoms. The van der Waals surface area contributed by atoms with Crippen molar-refractivity contribution >= 4 is 33.5 Å². The topological polar surface area (TPSA) is 37.9 Å². The Morgan fingerprint density at radius 1 is 1.50 bits per heavy atom. The van der Waals surface area contributed by atoms with Gasteiger partial charge >= 0.3 is 0 Å². The molecule has 1 aromatic heterocycles. The predicted octanol–water partition coefficient (Wildman–Crippen LogP) is 2.18. The number of nitrogens with one attached hydrogen (secondary N) is 1. The Labute approximate surface area is 83.3 Å². The molecule has 0 atom stereocenters. The minimum absolute atomic E-state index is 0.656. The number of aromatic amines is 1. The van der Waals surface area contributed by atoms with Crippen LogP contribution >= 0.6 is 22.6 Å². The first-order valence-electron chi connectivity index (χ1n) is 3.49. The maximum absolute atomic E-state index is 5.08. The molecule has 0 radical (unpaired) electrons. The van der Waals surface area contributed by atoms with Gasteiger partial charge in [-0.05, 0) is 40.8 Å². The second-order valence-electron chi connectivity index (χ2n) is 2.42. The number of aromatic nitrogens is 2. The molecule has 0 amide bonds. The van der Waals surface area contributed by atoms with E-state index in [2.05, 4.69) is 32.8 Å². The zero-order valence-electron chi connectivity index (χ0n) is 6.47. The maximum Gasteiger partial charge on any atom is 0.240 e. The molecule has 0 bridgehead atoms. The van der Waals surface area contributed by atoms with Crippen molar-refractivity contribution in [2.45, 2.75) is 0 Å². The van der Waals surface area contributed by atoms with Gasteiger partial charge in [0.1, 0.15) is 0 Å². The highest BCUT2D eigenvalue weighted by Crippen LogP contribution is 2.23. The van der Waals surface area contributed by atoms with Crippen LogP contribution in [0.5, 0.6) is 5.88 Å². The molecule has 0 aliphatic carbocycles. The fraction of sp³-hybridized carbons (Fsp3) is 0.125. The lowest BCUT2D eigenvalue weighted by Gasteiger charge is -1.93. The van der Waals surface area contributed by atoms with Gasteiger partial charge in [-0.1, -0.05) is 0 Å². The molecule has 0 fully saturated rings. The average Bonchev–Trinajstić information content (AvgIpc) is 2.46. The number of fused-ring (bicyclic) bond motifs is 1. The summed E-state index contributed by atoms with van der Waals surface area (Å²) in [6, 6.07) is 6.06. The van der Waals surface area contributed by atoms with Gasteiger partial charge in [-0.15, -0.1) is 5.10 Å². The fourth-order valence-electron chi connectivity index (χ4n) is 1.12. The summed E-state index contributed by atoms with van der Waals surface area (Å²) in [6.45, 7) is 0. The van der Waals surface area contributed by atoms with E-state index >= 15 is 0 Å². The van der Waals surface area contributed by atoms with Crippen LogP contribution in [0, 0.1) is 3.57 Å². The first-order valence-corrected chi connectivity index (χ1v) is 4.57. The van der Waals surface area contributed by atoms with Crippen LogP contribution < -0.4 is 4.74 Å². The number of H-pyrrole nitrogens is 1. The SMILES string of the molecule is COc1n[nH]c2ccc(I)cc12. The first kappa shape index (κ1) is 7.85. The summed E-state index contributed by atoms with van der Waals surface area (Å²) in [7, 11) is 1.62. The lowest BCUT2D eigenvalue weighted by atomic mass is 10.2. The van der Waals surface area contributed by atoms with Crippen molar-refractivity contribution in [1.29, 1.82) is 0 Å². The van der Waals surface area contributed by atoms with E-state index in [4.69, 9.17) is 4.74 Å². The number of halogens is 1. The Kier molecular flexibility index (Phi) is 1.92. The lowest BCUT2D eigenvalue weighted by molar-refractivity contribution is 0.401. The third kappa shape index (κ3) is 1.16. The summed E-state index contributed by atoms with van der Waals surface area (Å²) in [5.74, 6) is 0.656. The molecule has 0 aliphatic heterocycles. The number of hydrogen-bond donors (Lipinski definition) is 1. The Balaban J connectivity index is 2.75. The van der Waals surface area contributed by atoms with Crippen LogP contribution in [0.1, 0.15) is 0 Å². The molecular weight excluding hydrogens is 267 g/mol. The highest BCUT2D eigenvalue weighted by molar-refractivity contribution is 14.1. The van der Waals surface area contributed by atoms with Gasteiger partial charge in [-0.25, -0.2) is 0 Å². The molecule has 0 unspecified atom stereocenters. The van der Waals surface area contributed by atoms with Gasteiger partial charge in [0.25, 0.3) is 0 Å². The van der Waals surface area contributed by atoms with Crippen LogP contribution in [0.3, 0.4) is 0 Å². The number of benzene rings is 1. The van der Waals surface area contributed by atoms with Gasteiger partial charge in [0.2, 0.25) is 5.88 Å². The van der Waals surface area contributed by atoms with E-state index in [0.717, 1.165) is 10.9 Å². The summed E-state index contributed by atoms with van der Waals surface area (Å²) < 4.78 is 6.26. The number of hydrogen-bond acceptors (Lipinski definition) is 2. The first-order chi connectivity index (χ1) is 5.81. The van der Waals surface area contributed by atoms with Crippen LogP contribution in [0.4, 0.5) is 0 Å². The smallest absolute Gasteiger partial charge is 0.240 e. The molecule has 62 valence electrons. The molecule has 4 heteroatoms. The van der Waals surface area contributed by atoms with Gasteiger partial charge in [0.05, 0.1) is 18.0 Å². The van der Waals surface area contributed by atoms with Gasteiger partial charge in [0, 0.05) is 3.57 Å². The van der Waals surface area contributed by atoms with Crippen LogP contribution in [-0.2, 0) is 0 Å². The summed E-state index contributed by atoms with van der Waals surface area (Å²) in [5, 5.41) is 7.92. The van der Waals surface area contributed by atoms with Gasteiger partial charge in [-0.3, -0.25) is 5.10 Å². The van der Waals surface area contributed by atoms with E-state index in [1.54, 1.807) is 7.11 Å². The number of rotatable bonds is 1. The molecule has 1 aromatic carbocycles. The molecule has 1 N–H and O–H groups in total. The zero-order valence-corrected chi connectivity index (χ0v) is 8.62. The van der Waals surface area contributed by atoms with Gasteiger partial charge in [-0.2, -0.15) is 0 Å². The normalized spacial score (nSPS) is 10.5. The Bertz CT molecular complexity index is 410. The van der Waals surface area contributed by atoms with Crippen molar-refractivity contribution in [3.05, 3.63) is 21.8 Å². The minimum Gasteiger partial charge on any atom is -0.480 e. The third-order valence-corrected chi connectivity index (χ3v) is 2.35. The quantitative estimate of drug-likeness (QED) is 0.809. The monoisotopic (exact) mass is 274 g/mol. The number of nitrogens with zero attached hydrogens (tertiary/aromatic N) is 1. The molecule has 3 nitrogen and oxygen atoms in total. The molecular formula is C8H7IN2O. The van der Waals surface area contributed by atoms with Crippen molar-refractivity contribution in [3.8, 4) is 5.88 Å². The second kappa shape index (κ2) is 2.93. The van der Waals surface area contributed by atoms with E-state index in [-0.39, 0.29) is 0 Å². The van der Waals surface area contributed by atoms with Crippen LogP contribution in [0.15, 0.2) is 18.2 Å². The minimum atomic E-state index is 0.656. The molecule has 2 rings (SSSR count). The fourth-order valence-corrected chi connectivity index (χ4v) is 1.61. The van der Waals surface area contributed by atoms with Crippen molar-refractivity contribution in [3.63, 3.8) is 0 Å². The number of methoxy groups -OCH3 is 1. The summed E-state index contributed by atoms with van der Waals surface area (Å²) in [4.78, 5) is 0. The molecule has 0 saturated heterocycles. The summed E-state index contributed by atoms with van der Waals surface area (Å²) in [6.07, 6.45) is 0. The van der Waals surface area contributed by atoms with Gasteiger partial charge in [0.15, 0.2) is 0 Å². The predicted molar refractivity (Wildman–Crippen MR) is 55.4 cm³/mol. The van der Waals surface area contributed by atoms with E-state index in [9.17, 15) is 0 Å². The molecule has 0 spiro atoms. The van der Waals surface area contributed by atoms with E-state index in [1.807, 2.05) is 18.2 Å². The van der Waals surface area contributed by atoms with Crippen molar-refractivity contribution in [1.82, 2.24) is 10.2 Å². The highest BCUT2D eigenvalue weighted by Gasteiger charge is 2.04. The van der Waals surface area contributed by atoms with Crippen molar-refractivity contribution in [2.24, 2.45) is 0 Å². The van der Waals surface area contributed by atoms with Crippen LogP contribution in [0.2, 0.25) is 0 Å². The van der Waals surface area contributed by atoms with Crippen LogP contribution in [0.25, 0.3) is 10.9 Å². The van der Waals surface area contributed by atoms with Crippen molar-refractivity contribution in [2.75, 3.05) is 7.11 Å². The Morgan fingerprint density at radius 3 is 3.08 bits per heavy atom. The molecule has 2 aromatic rings. The number of ether oxygens (including phenoxy) is 1. The Hall–Kier alpha value is -0.780. The van der Waals surface area contributed by atoms with E-state index in [0.29, 0.717) is 5.88 Å². The zero-order chi connectivity index (χ0) is 8.55. The van der Waals surface area contributed by atoms with Crippen LogP contribution in [-0.4, -0.2) is 17.3 Å². The molecule has 1 heterocycles. The van der Waals surface area contributed by atoms with Gasteiger partial charge < -0.3 is 4.74 Å². The Morgan fingerprint density at radius 2 is 2.33 bits per heavy atom. The lowest BCUT2D eigenvalue weighted by Crippen LogP contribution is -1.82. The summed E-state index contributed by atoms with van der Waals surface area (Å²) in [5.41, 5.74) is 1.01. The van der Waals surface area contributed by atoms with E-state index in [1.165, 1.54) is 3.57 Å². The van der Waals surface area contributed by atoms with Crippen molar-refractivity contribution < 1.29 is 4.74 Å². The van der Waals surface area contributed by atoms with E-state index < -0.39 is 0 Å². The second-order valence-corrected chi connectivity index (χ2v) is 3.67. The highest BCUT2D eigenvalue weighted by atomic mass is 127. The largest absolute Gasteiger partial charge is 0.480 e. The summed E-state index contributed by atoms with van der Waals surface area (Å²) >= 11 is 2.26. The standard InChI is InChI=1S/C8H7IN2O/c1-12-8-6-4-5(9)2-3-7(6)10-11-8/h2-4H,1H3,(H,10,11). The average molecular weight is 274 g/mol. The molecule has 0 aliphatic rings. The maximum atomic E-state index is 5.08. The molecule has 0 saturated carbocycles.